The molecule has 0 saturated carbocycles. The third-order valence-corrected chi connectivity index (χ3v) is 4.99. The maximum atomic E-state index is 13.0. The third-order valence-electron chi connectivity index (χ3n) is 4.79. The average Bonchev–Trinajstić information content (AvgIpc) is 2.84. The Bertz CT molecular complexity index is 1180. The van der Waals surface area contributed by atoms with Gasteiger partial charge in [-0.1, -0.05) is 48.5 Å². The number of carbonyl (C=O) groups is 3. The summed E-state index contributed by atoms with van der Waals surface area (Å²) in [6.45, 7) is 0.450. The lowest BCUT2D eigenvalue weighted by molar-refractivity contribution is 0.0600. The van der Waals surface area contributed by atoms with Crippen molar-refractivity contribution in [1.82, 2.24) is 10.2 Å². The first-order valence-electron chi connectivity index (χ1n) is 10.1. The van der Waals surface area contributed by atoms with Gasteiger partial charge in [0.2, 0.25) is 0 Å². The first-order valence-corrected chi connectivity index (χ1v) is 10.5. The number of amides is 2. The van der Waals surface area contributed by atoms with Crippen LogP contribution in [0.4, 0.5) is 5.69 Å². The van der Waals surface area contributed by atoms with Crippen molar-refractivity contribution in [3.8, 4) is 0 Å². The number of benzene rings is 3. The molecule has 0 aliphatic heterocycles. The maximum absolute atomic E-state index is 13.0. The van der Waals surface area contributed by atoms with Gasteiger partial charge in [-0.25, -0.2) is 4.79 Å². The van der Waals surface area contributed by atoms with Crippen LogP contribution < -0.4 is 10.6 Å². The predicted molar refractivity (Wildman–Crippen MR) is 130 cm³/mol. The summed E-state index contributed by atoms with van der Waals surface area (Å²) in [7, 11) is 2.99. The Morgan fingerprint density at radius 3 is 2.30 bits per heavy atom. The smallest absolute Gasteiger partial charge is 0.337 e. The van der Waals surface area contributed by atoms with Gasteiger partial charge in [0.05, 0.1) is 23.9 Å². The summed E-state index contributed by atoms with van der Waals surface area (Å²) in [6.07, 6.45) is 0. The van der Waals surface area contributed by atoms with Crippen LogP contribution in [-0.4, -0.2) is 42.0 Å². The molecule has 0 bridgehead atoms. The number of methoxy groups -OCH3 is 1. The van der Waals surface area contributed by atoms with E-state index in [2.05, 4.69) is 15.4 Å². The van der Waals surface area contributed by atoms with Crippen molar-refractivity contribution in [2.75, 3.05) is 19.5 Å². The molecule has 0 heterocycles. The molecule has 0 spiro atoms. The zero-order valence-electron chi connectivity index (χ0n) is 18.2. The molecule has 3 rings (SSSR count). The quantitative estimate of drug-likeness (QED) is 0.428. The summed E-state index contributed by atoms with van der Waals surface area (Å²) in [6, 6.07) is 22.7. The van der Waals surface area contributed by atoms with Crippen molar-refractivity contribution in [3.05, 3.63) is 101 Å². The highest BCUT2D eigenvalue weighted by atomic mass is 32.1. The van der Waals surface area contributed by atoms with Crippen LogP contribution >= 0.6 is 12.2 Å². The predicted octanol–water partition coefficient (Wildman–Crippen LogP) is 3.87. The Kier molecular flexibility index (Phi) is 7.88. The molecule has 0 atom stereocenters. The normalized spacial score (nSPS) is 10.1. The van der Waals surface area contributed by atoms with Crippen molar-refractivity contribution in [1.29, 1.82) is 0 Å². The fourth-order valence-electron chi connectivity index (χ4n) is 3.15. The second-order valence-corrected chi connectivity index (χ2v) is 7.58. The van der Waals surface area contributed by atoms with Crippen molar-refractivity contribution < 1.29 is 19.1 Å². The van der Waals surface area contributed by atoms with Gasteiger partial charge in [0.1, 0.15) is 0 Å². The second-order valence-electron chi connectivity index (χ2n) is 7.17. The van der Waals surface area contributed by atoms with E-state index in [1.54, 1.807) is 54.4 Å². The first-order chi connectivity index (χ1) is 15.9. The van der Waals surface area contributed by atoms with Gasteiger partial charge < -0.3 is 15.0 Å². The molecule has 168 valence electrons. The van der Waals surface area contributed by atoms with E-state index < -0.39 is 11.9 Å². The van der Waals surface area contributed by atoms with E-state index >= 15 is 0 Å². The van der Waals surface area contributed by atoms with Crippen molar-refractivity contribution in [3.63, 3.8) is 0 Å². The van der Waals surface area contributed by atoms with E-state index in [9.17, 15) is 14.4 Å². The number of thiocarbonyl (C=S) groups is 1. The minimum Gasteiger partial charge on any atom is -0.465 e. The molecule has 2 N–H and O–H groups in total. The van der Waals surface area contributed by atoms with E-state index in [0.29, 0.717) is 17.8 Å². The van der Waals surface area contributed by atoms with Gasteiger partial charge >= 0.3 is 5.97 Å². The minimum atomic E-state index is -0.544. The Labute approximate surface area is 197 Å². The average molecular weight is 462 g/mol. The molecular weight excluding hydrogens is 438 g/mol. The summed E-state index contributed by atoms with van der Waals surface area (Å²) >= 11 is 5.28. The van der Waals surface area contributed by atoms with Crippen LogP contribution in [0.5, 0.6) is 0 Å². The Balaban J connectivity index is 1.69. The minimum absolute atomic E-state index is 0.0226. The van der Waals surface area contributed by atoms with Crippen LogP contribution in [0.15, 0.2) is 78.9 Å². The number of hydrogen-bond donors (Lipinski definition) is 2. The van der Waals surface area contributed by atoms with Crippen LogP contribution in [0.3, 0.4) is 0 Å². The van der Waals surface area contributed by atoms with Gasteiger partial charge in [-0.3, -0.25) is 14.9 Å². The molecule has 0 radical (unpaired) electrons. The summed E-state index contributed by atoms with van der Waals surface area (Å²) in [5.41, 5.74) is 2.39. The first kappa shape index (κ1) is 23.6. The van der Waals surface area contributed by atoms with Gasteiger partial charge in [-0.05, 0) is 48.1 Å². The number of carbonyl (C=O) groups excluding carboxylic acids is 3. The highest BCUT2D eigenvalue weighted by molar-refractivity contribution is 7.80. The number of ether oxygens (including phenoxy) is 1. The van der Waals surface area contributed by atoms with Gasteiger partial charge in [-0.15, -0.1) is 0 Å². The van der Waals surface area contributed by atoms with Gasteiger partial charge in [0.25, 0.3) is 11.8 Å². The van der Waals surface area contributed by atoms with Crippen LogP contribution in [0.25, 0.3) is 0 Å². The molecule has 8 heteroatoms. The van der Waals surface area contributed by atoms with Crippen molar-refractivity contribution >= 4 is 40.8 Å². The number of nitrogens with one attached hydrogen (secondary N) is 2. The number of hydrogen-bond acceptors (Lipinski definition) is 5. The van der Waals surface area contributed by atoms with Crippen molar-refractivity contribution in [2.45, 2.75) is 6.54 Å². The highest BCUT2D eigenvalue weighted by Crippen LogP contribution is 2.18. The SMILES string of the molecule is COC(=O)c1cccc(C(=O)NC(=S)Nc2ccccc2C(=O)N(C)Cc2ccccc2)c1. The highest BCUT2D eigenvalue weighted by Gasteiger charge is 2.17. The maximum Gasteiger partial charge on any atom is 0.337 e. The van der Waals surface area contributed by atoms with E-state index in [-0.39, 0.29) is 22.1 Å². The molecule has 33 heavy (non-hydrogen) atoms. The summed E-state index contributed by atoms with van der Waals surface area (Å²) in [5, 5.41) is 5.51. The fourth-order valence-corrected chi connectivity index (χ4v) is 3.35. The number of nitrogens with zero attached hydrogens (tertiary/aromatic N) is 1. The Hall–Kier alpha value is -4.04. The van der Waals surface area contributed by atoms with Crippen LogP contribution in [-0.2, 0) is 11.3 Å². The number of anilines is 1. The molecular formula is C25H23N3O4S. The van der Waals surface area contributed by atoms with Crippen molar-refractivity contribution in [2.24, 2.45) is 0 Å². The lowest BCUT2D eigenvalue weighted by Gasteiger charge is -2.20. The monoisotopic (exact) mass is 461 g/mol. The molecule has 3 aromatic carbocycles. The molecule has 3 aromatic rings. The topological polar surface area (TPSA) is 87.7 Å². The Morgan fingerprint density at radius 1 is 0.909 bits per heavy atom. The zero-order chi connectivity index (χ0) is 23.8. The standard InChI is InChI=1S/C25H23N3O4S/c1-28(16-17-9-4-3-5-10-17)23(30)20-13-6-7-14-21(20)26-25(33)27-22(29)18-11-8-12-19(15-18)24(31)32-2/h3-15H,16H2,1-2H3,(H2,26,27,29,33). The van der Waals surface area contributed by atoms with Crippen LogP contribution in [0, 0.1) is 0 Å². The summed E-state index contributed by atoms with van der Waals surface area (Å²) < 4.78 is 4.68. The largest absolute Gasteiger partial charge is 0.465 e. The zero-order valence-corrected chi connectivity index (χ0v) is 19.0. The number of esters is 1. The summed E-state index contributed by atoms with van der Waals surface area (Å²) in [5.74, 6) is -1.23. The second kappa shape index (κ2) is 11.0. The number of para-hydroxylation sites is 1. The van der Waals surface area contributed by atoms with Crippen LogP contribution in [0.1, 0.15) is 36.6 Å². The molecule has 0 aliphatic carbocycles. The summed E-state index contributed by atoms with van der Waals surface area (Å²) in [4.78, 5) is 38.9. The van der Waals surface area contributed by atoms with E-state index in [1.807, 2.05) is 30.3 Å². The van der Waals surface area contributed by atoms with Gasteiger partial charge in [0, 0.05) is 19.2 Å². The van der Waals surface area contributed by atoms with E-state index in [1.165, 1.54) is 13.2 Å². The molecule has 7 nitrogen and oxygen atoms in total. The molecule has 2 amide bonds. The van der Waals surface area contributed by atoms with E-state index in [0.717, 1.165) is 5.56 Å². The Morgan fingerprint density at radius 2 is 1.58 bits per heavy atom. The van der Waals surface area contributed by atoms with Crippen LogP contribution in [0.2, 0.25) is 0 Å². The molecule has 0 aromatic heterocycles. The van der Waals surface area contributed by atoms with Gasteiger partial charge in [-0.2, -0.15) is 0 Å². The third kappa shape index (κ3) is 6.24. The molecule has 0 saturated heterocycles. The molecule has 0 unspecified atom stereocenters. The lowest BCUT2D eigenvalue weighted by Crippen LogP contribution is -2.35. The molecule has 0 fully saturated rings. The van der Waals surface area contributed by atoms with E-state index in [4.69, 9.17) is 12.2 Å². The lowest BCUT2D eigenvalue weighted by atomic mass is 10.1. The molecule has 0 aliphatic rings. The van der Waals surface area contributed by atoms with Gasteiger partial charge in [0.15, 0.2) is 5.11 Å². The fraction of sp³-hybridized carbons (Fsp3) is 0.120. The number of rotatable bonds is 6.